The lowest BCUT2D eigenvalue weighted by atomic mass is 10.2. The minimum atomic E-state index is -4.16. The predicted octanol–water partition coefficient (Wildman–Crippen LogP) is 5.71. The van der Waals surface area contributed by atoms with Crippen molar-refractivity contribution in [1.29, 1.82) is 0 Å². The van der Waals surface area contributed by atoms with Crippen LogP contribution in [-0.4, -0.2) is 36.4 Å². The van der Waals surface area contributed by atoms with Crippen LogP contribution in [0, 0.1) is 13.8 Å². The number of amides is 1. The molecule has 0 saturated heterocycles. The summed E-state index contributed by atoms with van der Waals surface area (Å²) in [4.78, 5) is 13.2. The maximum atomic E-state index is 13.7. The van der Waals surface area contributed by atoms with E-state index in [0.717, 1.165) is 19.9 Å². The second kappa shape index (κ2) is 12.3. The molecule has 0 saturated carbocycles. The minimum absolute atomic E-state index is 0.00788. The van der Waals surface area contributed by atoms with Crippen LogP contribution in [0.3, 0.4) is 0 Å². The van der Waals surface area contributed by atoms with Gasteiger partial charge < -0.3 is 10.1 Å². The van der Waals surface area contributed by atoms with Gasteiger partial charge >= 0.3 is 0 Å². The number of methoxy groups -OCH3 is 1. The monoisotopic (exact) mass is 657 g/mol. The molecule has 0 aliphatic carbocycles. The van der Waals surface area contributed by atoms with E-state index in [4.69, 9.17) is 4.74 Å². The number of anilines is 3. The van der Waals surface area contributed by atoms with Gasteiger partial charge in [0.25, 0.3) is 20.0 Å². The van der Waals surface area contributed by atoms with E-state index in [2.05, 4.69) is 26.0 Å². The molecule has 0 spiro atoms. The number of nitrogens with one attached hydrogen (secondary N) is 2. The number of aryl methyl sites for hydroxylation is 2. The lowest BCUT2D eigenvalue weighted by Gasteiger charge is -2.26. The molecule has 1 amide bonds. The third-order valence-corrected chi connectivity index (χ3v) is 9.74. The number of rotatable bonds is 10. The highest BCUT2D eigenvalue weighted by Gasteiger charge is 2.29. The van der Waals surface area contributed by atoms with Gasteiger partial charge in [-0.25, -0.2) is 16.8 Å². The second-order valence-corrected chi connectivity index (χ2v) is 13.6. The van der Waals surface area contributed by atoms with Gasteiger partial charge in [-0.2, -0.15) is 0 Å². The average Bonchev–Trinajstić information content (AvgIpc) is 2.93. The molecule has 4 aromatic rings. The van der Waals surface area contributed by atoms with Crippen molar-refractivity contribution in [2.24, 2.45) is 0 Å². The second-order valence-electron chi connectivity index (χ2n) is 9.18. The largest absolute Gasteiger partial charge is 0.495 e. The number of halogens is 1. The fourth-order valence-electron chi connectivity index (χ4n) is 3.91. The summed E-state index contributed by atoms with van der Waals surface area (Å²) in [5, 5.41) is 2.66. The highest BCUT2D eigenvalue weighted by molar-refractivity contribution is 9.10. The van der Waals surface area contributed by atoms with E-state index < -0.39 is 32.5 Å². The molecule has 0 radical (unpaired) electrons. The standard InChI is InChI=1S/C29H28BrN3O6S2/c1-20-4-13-26(14-5-20)41(37,38)33(27-18-21(2)6-17-28(27)39-3)19-29(34)31-23-11-15-25(16-12-23)40(35,36)32-24-9-7-22(30)8-10-24/h4-18,32H,19H2,1-3H3,(H,31,34). The fraction of sp³-hybridized carbons (Fsp3) is 0.138. The van der Waals surface area contributed by atoms with Crippen molar-refractivity contribution in [3.05, 3.63) is 107 Å². The first kappa shape index (κ1) is 30.1. The van der Waals surface area contributed by atoms with Crippen molar-refractivity contribution in [1.82, 2.24) is 0 Å². The number of carbonyl (C=O) groups excluding carboxylic acids is 1. The zero-order valence-electron chi connectivity index (χ0n) is 22.5. The fourth-order valence-corrected chi connectivity index (χ4v) is 6.66. The van der Waals surface area contributed by atoms with Gasteiger partial charge in [-0.1, -0.05) is 39.7 Å². The summed E-state index contributed by atoms with van der Waals surface area (Å²) in [5.74, 6) is -0.347. The molecule has 214 valence electrons. The van der Waals surface area contributed by atoms with Gasteiger partial charge in [-0.05, 0) is 92.2 Å². The molecule has 0 aliphatic heterocycles. The number of benzene rings is 4. The first-order valence-electron chi connectivity index (χ1n) is 12.3. The van der Waals surface area contributed by atoms with E-state index in [9.17, 15) is 21.6 Å². The molecule has 4 aromatic carbocycles. The first-order chi connectivity index (χ1) is 19.4. The minimum Gasteiger partial charge on any atom is -0.495 e. The zero-order valence-corrected chi connectivity index (χ0v) is 25.7. The molecule has 0 atom stereocenters. The lowest BCUT2D eigenvalue weighted by Crippen LogP contribution is -2.38. The van der Waals surface area contributed by atoms with E-state index >= 15 is 0 Å². The first-order valence-corrected chi connectivity index (χ1v) is 16.0. The molecule has 0 heterocycles. The summed E-state index contributed by atoms with van der Waals surface area (Å²) in [6.07, 6.45) is 0. The molecule has 2 N–H and O–H groups in total. The Bertz CT molecular complexity index is 1760. The van der Waals surface area contributed by atoms with Crippen molar-refractivity contribution >= 4 is 58.9 Å². The van der Waals surface area contributed by atoms with E-state index in [1.54, 1.807) is 61.5 Å². The van der Waals surface area contributed by atoms with Crippen LogP contribution in [0.2, 0.25) is 0 Å². The van der Waals surface area contributed by atoms with Crippen LogP contribution < -0.4 is 19.1 Å². The summed E-state index contributed by atoms with van der Waals surface area (Å²) in [5.41, 5.74) is 2.56. The normalized spacial score (nSPS) is 11.5. The Kier molecular flexibility index (Phi) is 9.05. The van der Waals surface area contributed by atoms with Crippen molar-refractivity contribution in [2.45, 2.75) is 23.6 Å². The number of nitrogens with zero attached hydrogens (tertiary/aromatic N) is 1. The third-order valence-electron chi connectivity index (χ3n) is 6.04. The van der Waals surface area contributed by atoms with Gasteiger partial charge in [-0.15, -0.1) is 0 Å². The number of carbonyl (C=O) groups is 1. The van der Waals surface area contributed by atoms with E-state index in [1.165, 1.54) is 43.5 Å². The summed E-state index contributed by atoms with van der Waals surface area (Å²) >= 11 is 3.31. The van der Waals surface area contributed by atoms with Crippen LogP contribution in [-0.2, 0) is 24.8 Å². The van der Waals surface area contributed by atoms with Crippen molar-refractivity contribution in [2.75, 3.05) is 28.0 Å². The van der Waals surface area contributed by atoms with Gasteiger partial charge in [-0.3, -0.25) is 13.8 Å². The Labute approximate surface area is 248 Å². The number of ether oxygens (including phenoxy) is 1. The molecule has 0 unspecified atom stereocenters. The summed E-state index contributed by atoms with van der Waals surface area (Å²) < 4.78 is 62.8. The maximum absolute atomic E-state index is 13.7. The molecular weight excluding hydrogens is 630 g/mol. The van der Waals surface area contributed by atoms with Crippen LogP contribution in [0.25, 0.3) is 0 Å². The number of hydrogen-bond acceptors (Lipinski definition) is 6. The molecule has 12 heteroatoms. The number of hydrogen-bond donors (Lipinski definition) is 2. The Balaban J connectivity index is 1.58. The SMILES string of the molecule is COc1ccc(C)cc1N(CC(=O)Nc1ccc(S(=O)(=O)Nc2ccc(Br)cc2)cc1)S(=O)(=O)c1ccc(C)cc1. The van der Waals surface area contributed by atoms with Crippen LogP contribution in [0.5, 0.6) is 5.75 Å². The summed E-state index contributed by atoms with van der Waals surface area (Å²) in [7, 11) is -6.61. The molecular formula is C29H28BrN3O6S2. The van der Waals surface area contributed by atoms with Gasteiger partial charge in [0.1, 0.15) is 12.3 Å². The molecule has 9 nitrogen and oxygen atoms in total. The van der Waals surface area contributed by atoms with Gasteiger partial charge in [0, 0.05) is 15.8 Å². The Morgan fingerprint density at radius 3 is 1.95 bits per heavy atom. The summed E-state index contributed by atoms with van der Waals surface area (Å²) in [6.45, 7) is 3.10. The highest BCUT2D eigenvalue weighted by Crippen LogP contribution is 2.33. The van der Waals surface area contributed by atoms with Crippen molar-refractivity contribution in [3.63, 3.8) is 0 Å². The van der Waals surface area contributed by atoms with Crippen LogP contribution in [0.1, 0.15) is 11.1 Å². The average molecular weight is 659 g/mol. The molecule has 41 heavy (non-hydrogen) atoms. The highest BCUT2D eigenvalue weighted by atomic mass is 79.9. The molecule has 4 rings (SSSR count). The smallest absolute Gasteiger partial charge is 0.264 e. The van der Waals surface area contributed by atoms with Crippen LogP contribution in [0.15, 0.2) is 105 Å². The van der Waals surface area contributed by atoms with Crippen LogP contribution >= 0.6 is 15.9 Å². The Hall–Kier alpha value is -3.87. The molecule has 0 aliphatic rings. The van der Waals surface area contributed by atoms with Crippen molar-refractivity contribution in [3.8, 4) is 5.75 Å². The van der Waals surface area contributed by atoms with Gasteiger partial charge in [0.2, 0.25) is 5.91 Å². The van der Waals surface area contributed by atoms with Gasteiger partial charge in [0.15, 0.2) is 0 Å². The quantitative estimate of drug-likeness (QED) is 0.225. The summed E-state index contributed by atoms with van der Waals surface area (Å²) in [6, 6.07) is 23.6. The number of sulfonamides is 2. The molecule has 0 aromatic heterocycles. The van der Waals surface area contributed by atoms with Crippen LogP contribution in [0.4, 0.5) is 17.1 Å². The Morgan fingerprint density at radius 1 is 0.780 bits per heavy atom. The topological polar surface area (TPSA) is 122 Å². The maximum Gasteiger partial charge on any atom is 0.264 e. The van der Waals surface area contributed by atoms with Crippen molar-refractivity contribution < 1.29 is 26.4 Å². The lowest BCUT2D eigenvalue weighted by molar-refractivity contribution is -0.114. The Morgan fingerprint density at radius 2 is 1.34 bits per heavy atom. The predicted molar refractivity (Wildman–Crippen MR) is 163 cm³/mol. The van der Waals surface area contributed by atoms with Gasteiger partial charge in [0.05, 0.1) is 22.6 Å². The van der Waals surface area contributed by atoms with E-state index in [1.807, 2.05) is 6.92 Å². The zero-order chi connectivity index (χ0) is 29.8. The van der Waals surface area contributed by atoms with E-state index in [0.29, 0.717) is 11.4 Å². The third kappa shape index (κ3) is 7.26. The molecule has 0 fully saturated rings. The molecule has 0 bridgehead atoms. The van der Waals surface area contributed by atoms with E-state index in [-0.39, 0.29) is 21.2 Å².